The molecule has 0 N–H and O–H groups in total. The maximum absolute atomic E-state index is 2.30. The average Bonchev–Trinajstić information content (AvgIpc) is 2.74. The van der Waals surface area contributed by atoms with Gasteiger partial charge in [-0.2, -0.15) is 0 Å². The molecule has 0 aromatic heterocycles. The molecule has 0 amide bonds. The van der Waals surface area contributed by atoms with E-state index in [0.29, 0.717) is 5.92 Å². The van der Waals surface area contributed by atoms with Crippen molar-refractivity contribution in [3.63, 3.8) is 0 Å². The summed E-state index contributed by atoms with van der Waals surface area (Å²) < 4.78 is 0. The van der Waals surface area contributed by atoms with Gasteiger partial charge in [0.05, 0.1) is 0 Å². The van der Waals surface area contributed by atoms with Gasteiger partial charge in [0.1, 0.15) is 0 Å². The number of fused-ring (bicyclic) bond motifs is 3. The smallest absolute Gasteiger partial charge is 0.00752 e. The molecule has 1 aliphatic rings. The second kappa shape index (κ2) is 6.19. The fourth-order valence-corrected chi connectivity index (χ4v) is 2.89. The Bertz CT molecular complexity index is 794. The summed E-state index contributed by atoms with van der Waals surface area (Å²) in [6, 6.07) is 17.7. The normalized spacial score (nSPS) is 13.6. The molecule has 0 fully saturated rings. The standard InChI is InChI=1S/C20H16.C2H6/c1-14-6-8-17-12-19-10-15-4-2-3-5-16(15)11-20(19)13-18(17)9-7-14;1-2/h2-14H,1H3;1-2H3. The Hall–Kier alpha value is -2.34. The second-order valence-corrected chi connectivity index (χ2v) is 5.60. The molecule has 0 saturated carbocycles. The van der Waals surface area contributed by atoms with Gasteiger partial charge in [-0.05, 0) is 62.9 Å². The first-order chi connectivity index (χ1) is 10.8. The van der Waals surface area contributed by atoms with Gasteiger partial charge in [0.25, 0.3) is 0 Å². The van der Waals surface area contributed by atoms with E-state index in [0.717, 1.165) is 0 Å². The maximum atomic E-state index is 2.30. The Balaban J connectivity index is 0.000000693. The fourth-order valence-electron chi connectivity index (χ4n) is 2.89. The van der Waals surface area contributed by atoms with Crippen LogP contribution in [0.1, 0.15) is 31.9 Å². The predicted octanol–water partition coefficient (Wildman–Crippen LogP) is 6.70. The van der Waals surface area contributed by atoms with Gasteiger partial charge in [-0.25, -0.2) is 0 Å². The summed E-state index contributed by atoms with van der Waals surface area (Å²) in [6.07, 6.45) is 9.01. The van der Waals surface area contributed by atoms with Crippen LogP contribution >= 0.6 is 0 Å². The van der Waals surface area contributed by atoms with E-state index in [4.69, 9.17) is 0 Å². The lowest BCUT2D eigenvalue weighted by atomic mass is 9.98. The number of benzene rings is 3. The van der Waals surface area contributed by atoms with Gasteiger partial charge < -0.3 is 0 Å². The van der Waals surface area contributed by atoms with Crippen molar-refractivity contribution in [3.8, 4) is 0 Å². The summed E-state index contributed by atoms with van der Waals surface area (Å²) in [5.74, 6) is 0.504. The number of hydrogen-bond acceptors (Lipinski definition) is 0. The lowest BCUT2D eigenvalue weighted by molar-refractivity contribution is 0.954. The van der Waals surface area contributed by atoms with Crippen molar-refractivity contribution >= 4 is 33.7 Å². The van der Waals surface area contributed by atoms with Gasteiger partial charge >= 0.3 is 0 Å². The summed E-state index contributed by atoms with van der Waals surface area (Å²) >= 11 is 0. The Morgan fingerprint density at radius 2 is 1.09 bits per heavy atom. The minimum atomic E-state index is 0.504. The quantitative estimate of drug-likeness (QED) is 0.403. The second-order valence-electron chi connectivity index (χ2n) is 5.60. The van der Waals surface area contributed by atoms with Crippen molar-refractivity contribution in [2.75, 3.05) is 0 Å². The van der Waals surface area contributed by atoms with Crippen LogP contribution in [0.3, 0.4) is 0 Å². The van der Waals surface area contributed by atoms with Gasteiger partial charge in [-0.1, -0.05) is 69.3 Å². The zero-order valence-electron chi connectivity index (χ0n) is 13.5. The van der Waals surface area contributed by atoms with E-state index < -0.39 is 0 Å². The predicted molar refractivity (Wildman–Crippen MR) is 100 cm³/mol. The topological polar surface area (TPSA) is 0 Å². The van der Waals surface area contributed by atoms with Gasteiger partial charge in [-0.15, -0.1) is 0 Å². The van der Waals surface area contributed by atoms with E-state index in [2.05, 4.69) is 79.8 Å². The number of rotatable bonds is 0. The van der Waals surface area contributed by atoms with E-state index in [1.165, 1.54) is 32.7 Å². The molecule has 22 heavy (non-hydrogen) atoms. The van der Waals surface area contributed by atoms with Crippen LogP contribution in [0.4, 0.5) is 0 Å². The highest BCUT2D eigenvalue weighted by Crippen LogP contribution is 2.28. The molecule has 110 valence electrons. The molecule has 0 aliphatic heterocycles. The van der Waals surface area contributed by atoms with E-state index in [1.54, 1.807) is 0 Å². The summed E-state index contributed by atoms with van der Waals surface area (Å²) in [5.41, 5.74) is 2.63. The Morgan fingerprint density at radius 1 is 0.636 bits per heavy atom. The molecule has 0 saturated heterocycles. The van der Waals surface area contributed by atoms with Crippen molar-refractivity contribution in [2.24, 2.45) is 5.92 Å². The van der Waals surface area contributed by atoms with Gasteiger partial charge in [0, 0.05) is 0 Å². The first kappa shape index (κ1) is 14.6. The lowest BCUT2D eigenvalue weighted by Gasteiger charge is -2.07. The van der Waals surface area contributed by atoms with Crippen LogP contribution in [0.25, 0.3) is 33.7 Å². The van der Waals surface area contributed by atoms with Crippen LogP contribution in [0.15, 0.2) is 60.7 Å². The molecular formula is C22H22. The zero-order valence-corrected chi connectivity index (χ0v) is 13.5. The van der Waals surface area contributed by atoms with Crippen LogP contribution in [0, 0.1) is 5.92 Å². The molecule has 4 rings (SSSR count). The van der Waals surface area contributed by atoms with Crippen LogP contribution < -0.4 is 0 Å². The van der Waals surface area contributed by atoms with Gasteiger partial charge in [-0.3, -0.25) is 0 Å². The molecule has 0 spiro atoms. The van der Waals surface area contributed by atoms with Crippen LogP contribution in [0.5, 0.6) is 0 Å². The maximum Gasteiger partial charge on any atom is -0.00752 e. The van der Waals surface area contributed by atoms with E-state index >= 15 is 0 Å². The van der Waals surface area contributed by atoms with Crippen molar-refractivity contribution in [1.29, 1.82) is 0 Å². The molecule has 0 heteroatoms. The third kappa shape index (κ3) is 2.69. The van der Waals surface area contributed by atoms with Gasteiger partial charge in [0.2, 0.25) is 0 Å². The van der Waals surface area contributed by atoms with E-state index in [9.17, 15) is 0 Å². The van der Waals surface area contributed by atoms with E-state index in [-0.39, 0.29) is 0 Å². The Morgan fingerprint density at radius 3 is 1.55 bits per heavy atom. The minimum Gasteiger partial charge on any atom is -0.0773 e. The largest absolute Gasteiger partial charge is 0.0773 e. The van der Waals surface area contributed by atoms with Crippen LogP contribution in [0.2, 0.25) is 0 Å². The fraction of sp³-hybridized carbons (Fsp3) is 0.182. The van der Waals surface area contributed by atoms with Crippen molar-refractivity contribution in [1.82, 2.24) is 0 Å². The Kier molecular flexibility index (Phi) is 4.11. The number of hydrogen-bond donors (Lipinski definition) is 0. The lowest BCUT2D eigenvalue weighted by Crippen LogP contribution is -1.83. The molecule has 0 heterocycles. The summed E-state index contributed by atoms with van der Waals surface area (Å²) in [7, 11) is 0. The first-order valence-electron chi connectivity index (χ1n) is 8.12. The van der Waals surface area contributed by atoms with E-state index in [1.807, 2.05) is 13.8 Å². The molecule has 3 aromatic rings. The van der Waals surface area contributed by atoms with Crippen molar-refractivity contribution in [2.45, 2.75) is 20.8 Å². The molecular weight excluding hydrogens is 264 g/mol. The molecule has 0 unspecified atom stereocenters. The molecule has 3 aromatic carbocycles. The Labute approximate surface area is 132 Å². The van der Waals surface area contributed by atoms with Crippen molar-refractivity contribution in [3.05, 3.63) is 71.8 Å². The molecule has 0 radical (unpaired) electrons. The first-order valence-corrected chi connectivity index (χ1v) is 8.12. The van der Waals surface area contributed by atoms with Crippen LogP contribution in [-0.4, -0.2) is 0 Å². The highest BCUT2D eigenvalue weighted by Gasteiger charge is 2.05. The molecule has 0 bridgehead atoms. The molecule has 1 aliphatic carbocycles. The summed E-state index contributed by atoms with van der Waals surface area (Å²) in [6.45, 7) is 6.22. The third-order valence-corrected chi connectivity index (χ3v) is 4.07. The highest BCUT2D eigenvalue weighted by atomic mass is 14.1. The third-order valence-electron chi connectivity index (χ3n) is 4.07. The van der Waals surface area contributed by atoms with Gasteiger partial charge in [0.15, 0.2) is 0 Å². The molecule has 0 atom stereocenters. The molecule has 0 nitrogen and oxygen atoms in total. The van der Waals surface area contributed by atoms with Crippen LogP contribution in [-0.2, 0) is 0 Å². The highest BCUT2D eigenvalue weighted by molar-refractivity contribution is 6.00. The monoisotopic (exact) mass is 286 g/mol. The number of allylic oxidation sites excluding steroid dienone is 2. The zero-order chi connectivity index (χ0) is 15.5. The van der Waals surface area contributed by atoms with Crippen molar-refractivity contribution < 1.29 is 0 Å². The summed E-state index contributed by atoms with van der Waals surface area (Å²) in [5, 5.41) is 5.24. The SMILES string of the molecule is CC.CC1C=Cc2cc3cc4ccccc4cc3cc2C=C1. The summed E-state index contributed by atoms with van der Waals surface area (Å²) in [4.78, 5) is 0. The average molecular weight is 286 g/mol. The minimum absolute atomic E-state index is 0.504.